The second-order valence-corrected chi connectivity index (χ2v) is 3.28. The van der Waals surface area contributed by atoms with Crippen LogP contribution in [0.1, 0.15) is 10.5 Å². The van der Waals surface area contributed by atoms with Crippen LogP contribution in [-0.4, -0.2) is 17.6 Å². The molecule has 0 aliphatic carbocycles. The van der Waals surface area contributed by atoms with Gasteiger partial charge < -0.3 is 4.74 Å². The number of aromatic nitrogens is 1. The van der Waals surface area contributed by atoms with Gasteiger partial charge in [-0.3, -0.25) is 0 Å². The zero-order valence-corrected chi connectivity index (χ0v) is 8.72. The Labute approximate surface area is 93.4 Å². The van der Waals surface area contributed by atoms with Crippen molar-refractivity contribution in [2.75, 3.05) is 6.61 Å². The molecule has 1 heterocycles. The van der Waals surface area contributed by atoms with E-state index < -0.39 is 5.97 Å². The van der Waals surface area contributed by atoms with Gasteiger partial charge in [0.2, 0.25) is 0 Å². The Bertz CT molecular complexity index is 534. The summed E-state index contributed by atoms with van der Waals surface area (Å²) >= 11 is 0. The number of hydrogen-bond acceptors (Lipinski definition) is 3. The van der Waals surface area contributed by atoms with Crippen LogP contribution < -0.4 is 0 Å². The Morgan fingerprint density at radius 2 is 2.12 bits per heavy atom. The standard InChI is InChI=1S/C13H11NO2/c1-2-9-16-13(15)12-8-7-10-5-3-4-6-11(10)14-12/h2-8H,1,9H2. The summed E-state index contributed by atoms with van der Waals surface area (Å²) in [5.41, 5.74) is 1.11. The average molecular weight is 213 g/mol. The fraction of sp³-hybridized carbons (Fsp3) is 0.0769. The normalized spacial score (nSPS) is 10.0. The number of nitrogens with zero attached hydrogens (tertiary/aromatic N) is 1. The van der Waals surface area contributed by atoms with Crippen LogP contribution in [0.2, 0.25) is 0 Å². The number of ether oxygens (including phenoxy) is 1. The molecule has 1 aromatic heterocycles. The lowest BCUT2D eigenvalue weighted by molar-refractivity contribution is 0.0543. The summed E-state index contributed by atoms with van der Waals surface area (Å²) in [6.07, 6.45) is 1.53. The molecule has 2 aromatic rings. The van der Waals surface area contributed by atoms with Gasteiger partial charge in [0, 0.05) is 5.39 Å². The van der Waals surface area contributed by atoms with Crippen molar-refractivity contribution in [3.05, 3.63) is 54.7 Å². The van der Waals surface area contributed by atoms with Crippen LogP contribution in [0.5, 0.6) is 0 Å². The van der Waals surface area contributed by atoms with Crippen molar-refractivity contribution >= 4 is 16.9 Å². The highest BCUT2D eigenvalue weighted by atomic mass is 16.5. The van der Waals surface area contributed by atoms with Gasteiger partial charge in [0.15, 0.2) is 0 Å². The lowest BCUT2D eigenvalue weighted by Gasteiger charge is -2.02. The first-order valence-electron chi connectivity index (χ1n) is 4.95. The molecule has 1 aromatic carbocycles. The maximum Gasteiger partial charge on any atom is 0.357 e. The molecule has 16 heavy (non-hydrogen) atoms. The molecule has 0 unspecified atom stereocenters. The van der Waals surface area contributed by atoms with Crippen LogP contribution >= 0.6 is 0 Å². The summed E-state index contributed by atoms with van der Waals surface area (Å²) in [7, 11) is 0. The van der Waals surface area contributed by atoms with E-state index in [0.717, 1.165) is 10.9 Å². The molecule has 0 bridgehead atoms. The molecular formula is C13H11NO2. The van der Waals surface area contributed by atoms with E-state index in [9.17, 15) is 4.79 Å². The number of pyridine rings is 1. The predicted octanol–water partition coefficient (Wildman–Crippen LogP) is 2.58. The lowest BCUT2D eigenvalue weighted by atomic mass is 10.2. The minimum absolute atomic E-state index is 0.202. The molecule has 0 radical (unpaired) electrons. The van der Waals surface area contributed by atoms with E-state index in [1.165, 1.54) is 6.08 Å². The Morgan fingerprint density at radius 1 is 1.31 bits per heavy atom. The van der Waals surface area contributed by atoms with Crippen molar-refractivity contribution in [3.63, 3.8) is 0 Å². The maximum absolute atomic E-state index is 11.5. The third-order valence-corrected chi connectivity index (χ3v) is 2.14. The molecule has 0 saturated carbocycles. The molecule has 0 spiro atoms. The molecule has 80 valence electrons. The van der Waals surface area contributed by atoms with E-state index in [0.29, 0.717) is 5.69 Å². The van der Waals surface area contributed by atoms with E-state index in [-0.39, 0.29) is 6.61 Å². The fourth-order valence-electron chi connectivity index (χ4n) is 1.39. The van der Waals surface area contributed by atoms with Gasteiger partial charge in [-0.05, 0) is 12.1 Å². The highest BCUT2D eigenvalue weighted by molar-refractivity contribution is 5.91. The molecule has 0 atom stereocenters. The Kier molecular flexibility index (Phi) is 2.96. The molecule has 0 aliphatic rings. The number of esters is 1. The second-order valence-electron chi connectivity index (χ2n) is 3.28. The topological polar surface area (TPSA) is 39.2 Å². The number of carbonyl (C=O) groups is 1. The van der Waals surface area contributed by atoms with E-state index >= 15 is 0 Å². The molecule has 0 N–H and O–H groups in total. The zero-order valence-electron chi connectivity index (χ0n) is 8.72. The number of rotatable bonds is 3. The summed E-state index contributed by atoms with van der Waals surface area (Å²) in [4.78, 5) is 15.7. The molecule has 0 saturated heterocycles. The zero-order chi connectivity index (χ0) is 11.4. The average Bonchev–Trinajstić information content (AvgIpc) is 2.35. The number of hydrogen-bond donors (Lipinski definition) is 0. The van der Waals surface area contributed by atoms with Crippen molar-refractivity contribution in [2.45, 2.75) is 0 Å². The first kappa shape index (κ1) is 10.4. The monoisotopic (exact) mass is 213 g/mol. The minimum Gasteiger partial charge on any atom is -0.457 e. The largest absolute Gasteiger partial charge is 0.457 e. The highest BCUT2D eigenvalue weighted by Crippen LogP contribution is 2.12. The molecule has 0 amide bonds. The van der Waals surface area contributed by atoms with E-state index in [1.807, 2.05) is 30.3 Å². The van der Waals surface area contributed by atoms with Crippen molar-refractivity contribution < 1.29 is 9.53 Å². The maximum atomic E-state index is 11.5. The van der Waals surface area contributed by atoms with Crippen LogP contribution in [0.4, 0.5) is 0 Å². The highest BCUT2D eigenvalue weighted by Gasteiger charge is 2.08. The smallest absolute Gasteiger partial charge is 0.357 e. The van der Waals surface area contributed by atoms with Gasteiger partial charge in [0.25, 0.3) is 0 Å². The predicted molar refractivity (Wildman–Crippen MR) is 62.2 cm³/mol. The van der Waals surface area contributed by atoms with Crippen LogP contribution in [0, 0.1) is 0 Å². The third kappa shape index (κ3) is 2.08. The van der Waals surface area contributed by atoms with Gasteiger partial charge in [0.05, 0.1) is 5.52 Å². The molecule has 3 nitrogen and oxygen atoms in total. The number of para-hydroxylation sites is 1. The van der Waals surface area contributed by atoms with Gasteiger partial charge in [-0.1, -0.05) is 36.9 Å². The third-order valence-electron chi connectivity index (χ3n) is 2.14. The van der Waals surface area contributed by atoms with Crippen LogP contribution in [0.15, 0.2) is 49.1 Å². The van der Waals surface area contributed by atoms with Gasteiger partial charge in [0.1, 0.15) is 12.3 Å². The van der Waals surface area contributed by atoms with Crippen molar-refractivity contribution in [1.82, 2.24) is 4.98 Å². The summed E-state index contributed by atoms with van der Waals surface area (Å²) < 4.78 is 4.91. The first-order valence-corrected chi connectivity index (χ1v) is 4.95. The first-order chi connectivity index (χ1) is 7.81. The number of benzene rings is 1. The second kappa shape index (κ2) is 4.57. The Balaban J connectivity index is 2.32. The van der Waals surface area contributed by atoms with Crippen molar-refractivity contribution in [1.29, 1.82) is 0 Å². The minimum atomic E-state index is -0.425. The van der Waals surface area contributed by atoms with Crippen molar-refractivity contribution in [3.8, 4) is 0 Å². The fourth-order valence-corrected chi connectivity index (χ4v) is 1.39. The molecule has 0 aliphatic heterocycles. The SMILES string of the molecule is C=CCOC(=O)c1ccc2ccccc2n1. The molecule has 3 heteroatoms. The van der Waals surface area contributed by atoms with Crippen molar-refractivity contribution in [2.24, 2.45) is 0 Å². The summed E-state index contributed by atoms with van der Waals surface area (Å²) in [6.45, 7) is 3.68. The lowest BCUT2D eigenvalue weighted by Crippen LogP contribution is -2.07. The Hall–Kier alpha value is -2.16. The number of fused-ring (bicyclic) bond motifs is 1. The van der Waals surface area contributed by atoms with E-state index in [4.69, 9.17) is 4.74 Å². The molecular weight excluding hydrogens is 202 g/mol. The number of carbonyl (C=O) groups excluding carboxylic acids is 1. The van der Waals surface area contributed by atoms with E-state index in [1.54, 1.807) is 6.07 Å². The molecule has 0 fully saturated rings. The summed E-state index contributed by atoms with van der Waals surface area (Å²) in [5, 5.41) is 1.00. The summed E-state index contributed by atoms with van der Waals surface area (Å²) in [5.74, 6) is -0.425. The van der Waals surface area contributed by atoms with Gasteiger partial charge in [-0.15, -0.1) is 0 Å². The van der Waals surface area contributed by atoms with Gasteiger partial charge >= 0.3 is 5.97 Å². The van der Waals surface area contributed by atoms with Crippen LogP contribution in [0.3, 0.4) is 0 Å². The molecule has 2 rings (SSSR count). The van der Waals surface area contributed by atoms with Crippen LogP contribution in [0.25, 0.3) is 10.9 Å². The van der Waals surface area contributed by atoms with Gasteiger partial charge in [-0.2, -0.15) is 0 Å². The van der Waals surface area contributed by atoms with Crippen LogP contribution in [-0.2, 0) is 4.74 Å². The Morgan fingerprint density at radius 3 is 2.94 bits per heavy atom. The van der Waals surface area contributed by atoms with Gasteiger partial charge in [-0.25, -0.2) is 9.78 Å². The summed E-state index contributed by atoms with van der Waals surface area (Å²) in [6, 6.07) is 11.1. The van der Waals surface area contributed by atoms with E-state index in [2.05, 4.69) is 11.6 Å². The quantitative estimate of drug-likeness (QED) is 0.581.